The van der Waals surface area contributed by atoms with Gasteiger partial charge in [-0.25, -0.2) is 0 Å². The molecular weight excluding hydrogens is 244 g/mol. The molecule has 0 atom stereocenters. The molecule has 1 aromatic rings. The van der Waals surface area contributed by atoms with Gasteiger partial charge in [-0.15, -0.1) is 0 Å². The largest absolute Gasteiger partial charge is 0.493 e. The molecule has 0 N–H and O–H groups in total. The minimum absolute atomic E-state index is 0.0558. The van der Waals surface area contributed by atoms with Crippen molar-refractivity contribution in [3.63, 3.8) is 0 Å². The number of nitrogens with zero attached hydrogens (tertiary/aromatic N) is 2. The van der Waals surface area contributed by atoms with Gasteiger partial charge in [-0.3, -0.25) is 10.1 Å². The monoisotopic (exact) mass is 262 g/mol. The summed E-state index contributed by atoms with van der Waals surface area (Å²) in [4.78, 5) is 10.2. The van der Waals surface area contributed by atoms with E-state index in [0.717, 1.165) is 12.8 Å². The summed E-state index contributed by atoms with van der Waals surface area (Å²) in [7, 11) is 0. The first-order valence-corrected chi connectivity index (χ1v) is 6.50. The lowest BCUT2D eigenvalue weighted by Crippen LogP contribution is -1.99. The van der Waals surface area contributed by atoms with E-state index in [1.54, 1.807) is 12.1 Å². The molecule has 0 saturated heterocycles. The second-order valence-electron chi connectivity index (χ2n) is 4.31. The van der Waals surface area contributed by atoms with Crippen LogP contribution in [0.2, 0.25) is 0 Å². The van der Waals surface area contributed by atoms with Crippen LogP contribution in [0, 0.1) is 21.4 Å². The predicted molar refractivity (Wildman–Crippen MR) is 72.1 cm³/mol. The average Bonchev–Trinajstić information content (AvgIpc) is 2.42. The Kier molecular flexibility index (Phi) is 6.37. The van der Waals surface area contributed by atoms with Gasteiger partial charge < -0.3 is 4.74 Å². The molecule has 19 heavy (non-hydrogen) atoms. The summed E-state index contributed by atoms with van der Waals surface area (Å²) in [6.07, 6.45) is 5.65. The van der Waals surface area contributed by atoms with Crippen molar-refractivity contribution in [2.45, 2.75) is 39.0 Å². The summed E-state index contributed by atoms with van der Waals surface area (Å²) in [5, 5.41) is 19.5. The van der Waals surface area contributed by atoms with Gasteiger partial charge >= 0.3 is 0 Å². The number of hydrogen-bond acceptors (Lipinski definition) is 4. The van der Waals surface area contributed by atoms with Crippen molar-refractivity contribution in [1.29, 1.82) is 5.26 Å². The second-order valence-corrected chi connectivity index (χ2v) is 4.31. The number of nitro groups is 1. The van der Waals surface area contributed by atoms with E-state index in [2.05, 4.69) is 6.92 Å². The lowest BCUT2D eigenvalue weighted by Gasteiger charge is -2.06. The zero-order chi connectivity index (χ0) is 14.1. The van der Waals surface area contributed by atoms with E-state index in [0.29, 0.717) is 12.4 Å². The summed E-state index contributed by atoms with van der Waals surface area (Å²) < 4.78 is 5.46. The van der Waals surface area contributed by atoms with Crippen LogP contribution in [-0.4, -0.2) is 11.5 Å². The zero-order valence-electron chi connectivity index (χ0n) is 11.1. The molecule has 1 aromatic carbocycles. The third kappa shape index (κ3) is 4.96. The minimum atomic E-state index is -0.563. The molecule has 0 fully saturated rings. The standard InChI is InChI=1S/C14H18N2O3/c1-2-3-4-5-6-9-19-13-8-7-12(11-15)14(10-13)16(17)18/h7-8,10H,2-6,9H2,1H3. The number of unbranched alkanes of at least 4 members (excludes halogenated alkanes) is 4. The van der Waals surface area contributed by atoms with E-state index in [4.69, 9.17) is 10.00 Å². The van der Waals surface area contributed by atoms with Crippen LogP contribution in [0.3, 0.4) is 0 Å². The fourth-order valence-corrected chi connectivity index (χ4v) is 1.74. The van der Waals surface area contributed by atoms with E-state index in [-0.39, 0.29) is 11.3 Å². The Morgan fingerprint density at radius 1 is 1.32 bits per heavy atom. The molecule has 0 saturated carbocycles. The molecule has 0 aliphatic carbocycles. The van der Waals surface area contributed by atoms with Crippen molar-refractivity contribution in [1.82, 2.24) is 0 Å². The van der Waals surface area contributed by atoms with Crippen LogP contribution in [0.4, 0.5) is 5.69 Å². The van der Waals surface area contributed by atoms with Crippen LogP contribution in [0.1, 0.15) is 44.6 Å². The highest BCUT2D eigenvalue weighted by Gasteiger charge is 2.14. The SMILES string of the molecule is CCCCCCCOc1ccc(C#N)c([N+](=O)[O-])c1. The number of hydrogen-bond donors (Lipinski definition) is 0. The predicted octanol–water partition coefficient (Wildman–Crippen LogP) is 3.82. The third-order valence-corrected chi connectivity index (χ3v) is 2.80. The maximum atomic E-state index is 10.8. The topological polar surface area (TPSA) is 76.2 Å². The smallest absolute Gasteiger partial charge is 0.290 e. The van der Waals surface area contributed by atoms with E-state index < -0.39 is 4.92 Å². The van der Waals surface area contributed by atoms with E-state index in [9.17, 15) is 10.1 Å². The van der Waals surface area contributed by atoms with Crippen LogP contribution in [-0.2, 0) is 0 Å². The van der Waals surface area contributed by atoms with Crippen LogP contribution >= 0.6 is 0 Å². The Morgan fingerprint density at radius 2 is 2.05 bits per heavy atom. The maximum absolute atomic E-state index is 10.8. The number of nitriles is 1. The zero-order valence-corrected chi connectivity index (χ0v) is 11.1. The van der Waals surface area contributed by atoms with E-state index in [1.807, 2.05) is 0 Å². The van der Waals surface area contributed by atoms with Gasteiger partial charge in [0.1, 0.15) is 17.4 Å². The van der Waals surface area contributed by atoms with Crippen molar-refractivity contribution >= 4 is 5.69 Å². The third-order valence-electron chi connectivity index (χ3n) is 2.80. The summed E-state index contributed by atoms with van der Waals surface area (Å²) in [6, 6.07) is 6.12. The molecule has 0 unspecified atom stereocenters. The van der Waals surface area contributed by atoms with Gasteiger partial charge in [-0.05, 0) is 18.6 Å². The van der Waals surface area contributed by atoms with Gasteiger partial charge in [0, 0.05) is 0 Å². The highest BCUT2D eigenvalue weighted by molar-refractivity contribution is 5.52. The van der Waals surface area contributed by atoms with Gasteiger partial charge in [0.25, 0.3) is 5.69 Å². The average molecular weight is 262 g/mol. The molecule has 0 aliphatic rings. The Balaban J connectivity index is 2.49. The number of nitro benzene ring substituents is 1. The maximum Gasteiger partial charge on any atom is 0.290 e. The second kappa shape index (κ2) is 8.09. The Labute approximate surface area is 113 Å². The molecule has 0 bridgehead atoms. The molecule has 0 spiro atoms. The van der Waals surface area contributed by atoms with Gasteiger partial charge in [0.15, 0.2) is 0 Å². The van der Waals surface area contributed by atoms with Crippen LogP contribution < -0.4 is 4.74 Å². The minimum Gasteiger partial charge on any atom is -0.493 e. The molecule has 0 amide bonds. The van der Waals surface area contributed by atoms with E-state index in [1.165, 1.54) is 31.4 Å². The van der Waals surface area contributed by atoms with E-state index >= 15 is 0 Å². The molecule has 0 heterocycles. The summed E-state index contributed by atoms with van der Waals surface area (Å²) in [6.45, 7) is 2.71. The summed E-state index contributed by atoms with van der Waals surface area (Å²) in [5.74, 6) is 0.446. The summed E-state index contributed by atoms with van der Waals surface area (Å²) in [5.41, 5.74) is -0.147. The van der Waals surface area contributed by atoms with Crippen molar-refractivity contribution in [3.8, 4) is 11.8 Å². The first-order valence-electron chi connectivity index (χ1n) is 6.50. The lowest BCUT2D eigenvalue weighted by atomic mass is 10.1. The Morgan fingerprint density at radius 3 is 2.68 bits per heavy atom. The number of benzene rings is 1. The van der Waals surface area contributed by atoms with Gasteiger partial charge in [-0.2, -0.15) is 5.26 Å². The van der Waals surface area contributed by atoms with Crippen LogP contribution in [0.25, 0.3) is 0 Å². The first-order chi connectivity index (χ1) is 9.19. The molecule has 5 heteroatoms. The van der Waals surface area contributed by atoms with Crippen molar-refractivity contribution in [2.24, 2.45) is 0 Å². The molecule has 1 rings (SSSR count). The first kappa shape index (κ1) is 15.0. The highest BCUT2D eigenvalue weighted by atomic mass is 16.6. The Bertz CT molecular complexity index is 466. The lowest BCUT2D eigenvalue weighted by molar-refractivity contribution is -0.385. The van der Waals surface area contributed by atoms with Crippen molar-refractivity contribution in [2.75, 3.05) is 6.61 Å². The molecule has 0 aromatic heterocycles. The van der Waals surface area contributed by atoms with Gasteiger partial charge in [0.2, 0.25) is 0 Å². The van der Waals surface area contributed by atoms with Gasteiger partial charge in [0.05, 0.1) is 17.6 Å². The molecule has 0 radical (unpaired) electrons. The quantitative estimate of drug-likeness (QED) is 0.405. The molecule has 0 aliphatic heterocycles. The van der Waals surface area contributed by atoms with Crippen LogP contribution in [0.15, 0.2) is 18.2 Å². The fraction of sp³-hybridized carbons (Fsp3) is 0.500. The molecule has 5 nitrogen and oxygen atoms in total. The number of rotatable bonds is 8. The summed E-state index contributed by atoms with van der Waals surface area (Å²) >= 11 is 0. The molecule has 102 valence electrons. The normalized spacial score (nSPS) is 9.89. The van der Waals surface area contributed by atoms with Gasteiger partial charge in [-0.1, -0.05) is 32.6 Å². The van der Waals surface area contributed by atoms with Crippen molar-refractivity contribution in [3.05, 3.63) is 33.9 Å². The van der Waals surface area contributed by atoms with Crippen molar-refractivity contribution < 1.29 is 9.66 Å². The fourth-order valence-electron chi connectivity index (χ4n) is 1.74. The highest BCUT2D eigenvalue weighted by Crippen LogP contribution is 2.24. The number of ether oxygens (including phenoxy) is 1. The van der Waals surface area contributed by atoms with Crippen LogP contribution in [0.5, 0.6) is 5.75 Å². The molecular formula is C14H18N2O3. The Hall–Kier alpha value is -2.09.